The molecule has 5 atom stereocenters. The first-order valence-corrected chi connectivity index (χ1v) is 15.4. The number of hydrogen-bond donors (Lipinski definition) is 2. The third-order valence-electron chi connectivity index (χ3n) is 7.51. The van der Waals surface area contributed by atoms with E-state index in [9.17, 15) is 22.4 Å². The first kappa shape index (κ1) is 28.6. The molecule has 2 fully saturated rings. The van der Waals surface area contributed by atoms with E-state index in [1.165, 1.54) is 34.0 Å². The Morgan fingerprint density at radius 2 is 1.87 bits per heavy atom. The Bertz CT molecular complexity index is 1290. The second-order valence-corrected chi connectivity index (χ2v) is 14.0. The Hall–Kier alpha value is -2.41. The normalized spacial score (nSPS) is 23.8. The molecule has 1 aromatic carbocycles. The van der Waals surface area contributed by atoms with Crippen LogP contribution in [0.5, 0.6) is 0 Å². The second kappa shape index (κ2) is 10.6. The summed E-state index contributed by atoms with van der Waals surface area (Å²) in [5.74, 6) is -1.17. The van der Waals surface area contributed by atoms with E-state index in [0.29, 0.717) is 23.7 Å². The van der Waals surface area contributed by atoms with Crippen LogP contribution in [0.15, 0.2) is 29.6 Å². The van der Waals surface area contributed by atoms with Gasteiger partial charge in [0.05, 0.1) is 24.0 Å². The molecule has 4 rings (SSSR count). The van der Waals surface area contributed by atoms with Gasteiger partial charge in [0.15, 0.2) is 0 Å². The van der Waals surface area contributed by atoms with Crippen molar-refractivity contribution in [3.8, 4) is 10.6 Å². The number of nitrogens with zero attached hydrogens (tertiary/aromatic N) is 3. The lowest BCUT2D eigenvalue weighted by Crippen LogP contribution is -2.59. The molecule has 2 amide bonds. The zero-order valence-corrected chi connectivity index (χ0v) is 24.2. The molecule has 2 aromatic rings. The minimum absolute atomic E-state index is 0.216. The van der Waals surface area contributed by atoms with Gasteiger partial charge in [-0.3, -0.25) is 9.59 Å². The predicted molar refractivity (Wildman–Crippen MR) is 146 cm³/mol. The SMILES string of the molecule is CN[C@@H](C)C(=O)N[C@H](C(=O)N1CC[C@@H]2[C@H]1[C@@H](c1csc(-c3ccc(F)cc3)n1)CN2S(C)(=O)=O)C(C)(C)C. The van der Waals surface area contributed by atoms with Crippen molar-refractivity contribution in [3.63, 3.8) is 0 Å². The minimum atomic E-state index is -3.53. The molecule has 0 spiro atoms. The lowest BCUT2D eigenvalue weighted by Gasteiger charge is -2.37. The monoisotopic (exact) mass is 565 g/mol. The van der Waals surface area contributed by atoms with E-state index < -0.39 is 33.6 Å². The van der Waals surface area contributed by atoms with Gasteiger partial charge in [0, 0.05) is 36.0 Å². The summed E-state index contributed by atoms with van der Waals surface area (Å²) in [6.07, 6.45) is 1.70. The van der Waals surface area contributed by atoms with E-state index in [-0.39, 0.29) is 36.1 Å². The molecule has 38 heavy (non-hydrogen) atoms. The second-order valence-electron chi connectivity index (χ2n) is 11.2. The molecule has 0 unspecified atom stereocenters. The molecule has 12 heteroatoms. The summed E-state index contributed by atoms with van der Waals surface area (Å²) in [7, 11) is -1.85. The first-order chi connectivity index (χ1) is 17.7. The number of likely N-dealkylation sites (N-methyl/N-ethyl adjacent to an activating group) is 1. The van der Waals surface area contributed by atoms with Gasteiger partial charge in [-0.15, -0.1) is 11.3 Å². The minimum Gasteiger partial charge on any atom is -0.342 e. The molecule has 2 saturated heterocycles. The number of rotatable bonds is 7. The van der Waals surface area contributed by atoms with Gasteiger partial charge < -0.3 is 15.5 Å². The standard InChI is InChI=1S/C26H36FN5O4S2/c1-15(28-5)23(33)30-22(26(2,3)4)25(34)31-12-11-20-21(31)18(13-32(20)38(6,35)36)19-14-37-24(29-19)16-7-9-17(27)10-8-16/h7-10,14-15,18,20-22,28H,11-13H2,1-6H3,(H,30,33)/t15-,18+,20+,21+,22+/m0/s1. The molecular formula is C26H36FN5O4S2. The van der Waals surface area contributed by atoms with Crippen molar-refractivity contribution in [1.82, 2.24) is 24.8 Å². The van der Waals surface area contributed by atoms with Crippen LogP contribution in [0.25, 0.3) is 10.6 Å². The number of thiazole rings is 1. The largest absolute Gasteiger partial charge is 0.342 e. The average Bonchev–Trinajstić information content (AvgIpc) is 3.56. The van der Waals surface area contributed by atoms with Gasteiger partial charge in [-0.25, -0.2) is 17.8 Å². The molecule has 3 heterocycles. The molecule has 0 aliphatic carbocycles. The smallest absolute Gasteiger partial charge is 0.246 e. The lowest BCUT2D eigenvalue weighted by molar-refractivity contribution is -0.140. The van der Waals surface area contributed by atoms with Crippen LogP contribution in [0.3, 0.4) is 0 Å². The van der Waals surface area contributed by atoms with Gasteiger partial charge in [0.2, 0.25) is 21.8 Å². The van der Waals surface area contributed by atoms with Crippen molar-refractivity contribution in [1.29, 1.82) is 0 Å². The summed E-state index contributed by atoms with van der Waals surface area (Å²) in [5, 5.41) is 8.41. The van der Waals surface area contributed by atoms with Crippen molar-refractivity contribution in [2.45, 2.75) is 64.2 Å². The van der Waals surface area contributed by atoms with E-state index in [1.54, 1.807) is 31.0 Å². The third kappa shape index (κ3) is 5.63. The Balaban J connectivity index is 1.68. The summed E-state index contributed by atoms with van der Waals surface area (Å²) in [4.78, 5) is 33.3. The van der Waals surface area contributed by atoms with Gasteiger partial charge in [-0.1, -0.05) is 20.8 Å². The summed E-state index contributed by atoms with van der Waals surface area (Å²) >= 11 is 1.40. The number of nitrogens with one attached hydrogen (secondary N) is 2. The zero-order chi connectivity index (χ0) is 28.0. The van der Waals surface area contributed by atoms with Crippen molar-refractivity contribution in [3.05, 3.63) is 41.2 Å². The number of carbonyl (C=O) groups excluding carboxylic acids is 2. The molecule has 1 aromatic heterocycles. The topological polar surface area (TPSA) is 112 Å². The maximum atomic E-state index is 14.0. The van der Waals surface area contributed by atoms with Crippen LogP contribution in [0.1, 0.15) is 45.7 Å². The number of benzene rings is 1. The third-order valence-corrected chi connectivity index (χ3v) is 9.69. The number of amides is 2. The van der Waals surface area contributed by atoms with E-state index in [2.05, 4.69) is 10.6 Å². The molecule has 2 aliphatic rings. The van der Waals surface area contributed by atoms with E-state index >= 15 is 0 Å². The molecule has 9 nitrogen and oxygen atoms in total. The zero-order valence-electron chi connectivity index (χ0n) is 22.6. The highest BCUT2D eigenvalue weighted by Crippen LogP contribution is 2.43. The number of fused-ring (bicyclic) bond motifs is 1. The maximum absolute atomic E-state index is 14.0. The van der Waals surface area contributed by atoms with Gasteiger partial charge in [0.1, 0.15) is 16.9 Å². The van der Waals surface area contributed by atoms with Crippen molar-refractivity contribution < 1.29 is 22.4 Å². The number of sulfonamides is 1. The van der Waals surface area contributed by atoms with Crippen LogP contribution in [0.4, 0.5) is 4.39 Å². The Kier molecular flexibility index (Phi) is 8.00. The molecule has 0 saturated carbocycles. The van der Waals surface area contributed by atoms with Gasteiger partial charge >= 0.3 is 0 Å². The van der Waals surface area contributed by atoms with E-state index in [4.69, 9.17) is 4.98 Å². The molecular weight excluding hydrogens is 529 g/mol. The summed E-state index contributed by atoms with van der Waals surface area (Å²) in [5.41, 5.74) is 0.903. The Morgan fingerprint density at radius 3 is 2.45 bits per heavy atom. The molecule has 2 N–H and O–H groups in total. The fourth-order valence-electron chi connectivity index (χ4n) is 5.34. The van der Waals surface area contributed by atoms with Crippen LogP contribution >= 0.6 is 11.3 Å². The molecule has 0 radical (unpaired) electrons. The average molecular weight is 566 g/mol. The highest BCUT2D eigenvalue weighted by atomic mass is 32.2. The summed E-state index contributed by atoms with van der Waals surface area (Å²) in [6, 6.07) is 4.02. The Labute approximate surface area is 227 Å². The van der Waals surface area contributed by atoms with Gasteiger partial charge in [-0.2, -0.15) is 4.31 Å². The van der Waals surface area contributed by atoms with Crippen LogP contribution in [0, 0.1) is 11.2 Å². The number of aromatic nitrogens is 1. The van der Waals surface area contributed by atoms with Crippen molar-refractivity contribution >= 4 is 33.2 Å². The van der Waals surface area contributed by atoms with Crippen molar-refractivity contribution in [2.75, 3.05) is 26.4 Å². The number of halogens is 1. The number of likely N-dealkylation sites (tertiary alicyclic amines) is 1. The van der Waals surface area contributed by atoms with Crippen LogP contribution < -0.4 is 10.6 Å². The fraction of sp³-hybridized carbons (Fsp3) is 0.577. The van der Waals surface area contributed by atoms with Crippen LogP contribution in [-0.2, 0) is 19.6 Å². The highest BCUT2D eigenvalue weighted by molar-refractivity contribution is 7.88. The summed E-state index contributed by atoms with van der Waals surface area (Å²) < 4.78 is 40.4. The quantitative estimate of drug-likeness (QED) is 0.534. The highest BCUT2D eigenvalue weighted by Gasteiger charge is 2.55. The van der Waals surface area contributed by atoms with Gasteiger partial charge in [-0.05, 0) is 50.1 Å². The summed E-state index contributed by atoms with van der Waals surface area (Å²) in [6.45, 7) is 8.03. The predicted octanol–water partition coefficient (Wildman–Crippen LogP) is 2.42. The van der Waals surface area contributed by atoms with Crippen LogP contribution in [-0.4, -0.2) is 85.0 Å². The molecule has 2 aliphatic heterocycles. The van der Waals surface area contributed by atoms with Crippen molar-refractivity contribution in [2.24, 2.45) is 5.41 Å². The van der Waals surface area contributed by atoms with E-state index in [1.807, 2.05) is 26.2 Å². The molecule has 0 bridgehead atoms. The number of carbonyl (C=O) groups is 2. The van der Waals surface area contributed by atoms with Gasteiger partial charge in [0.25, 0.3) is 0 Å². The van der Waals surface area contributed by atoms with E-state index in [0.717, 1.165) is 5.56 Å². The Morgan fingerprint density at radius 1 is 1.21 bits per heavy atom. The lowest BCUT2D eigenvalue weighted by atomic mass is 9.85. The maximum Gasteiger partial charge on any atom is 0.246 e. The number of hydrogen-bond acceptors (Lipinski definition) is 7. The first-order valence-electron chi connectivity index (χ1n) is 12.7. The fourth-order valence-corrected chi connectivity index (χ4v) is 7.38. The molecule has 208 valence electrons. The van der Waals surface area contributed by atoms with Crippen LogP contribution in [0.2, 0.25) is 0 Å².